The van der Waals surface area contributed by atoms with E-state index in [-0.39, 0.29) is 6.04 Å². The summed E-state index contributed by atoms with van der Waals surface area (Å²) in [5.74, 6) is 4.22. The Morgan fingerprint density at radius 1 is 1.59 bits per heavy atom. The Morgan fingerprint density at radius 2 is 2.29 bits per heavy atom. The van der Waals surface area contributed by atoms with Gasteiger partial charge in [-0.25, -0.2) is 0 Å². The highest BCUT2D eigenvalue weighted by atomic mass is 32.2. The zero-order chi connectivity index (χ0) is 12.4. The molecule has 1 N–H and O–H groups in total. The van der Waals surface area contributed by atoms with Gasteiger partial charge in [-0.15, -0.1) is 0 Å². The molecule has 0 aliphatic heterocycles. The molecule has 0 bridgehead atoms. The topological polar surface area (TPSA) is 42.2 Å². The van der Waals surface area contributed by atoms with Gasteiger partial charge in [0, 0.05) is 34.8 Å². The largest absolute Gasteiger partial charge is 0.464 e. The van der Waals surface area contributed by atoms with Crippen molar-refractivity contribution in [3.63, 3.8) is 0 Å². The quantitative estimate of drug-likeness (QED) is 0.848. The molecule has 0 saturated heterocycles. The van der Waals surface area contributed by atoms with Gasteiger partial charge in [0.05, 0.1) is 6.54 Å². The standard InChI is InChI=1S/C13H21NO2S/c1-9-6-12(9)13-5-4-11(16-13)7-14-10(2)8-17(3)15/h4-5,9-10,12,14H,6-8H2,1-3H3. The van der Waals surface area contributed by atoms with Crippen molar-refractivity contribution in [2.75, 3.05) is 12.0 Å². The highest BCUT2D eigenvalue weighted by Crippen LogP contribution is 2.47. The molecule has 1 aliphatic carbocycles. The summed E-state index contributed by atoms with van der Waals surface area (Å²) >= 11 is 0. The summed E-state index contributed by atoms with van der Waals surface area (Å²) in [5.41, 5.74) is 0. The smallest absolute Gasteiger partial charge is 0.117 e. The van der Waals surface area contributed by atoms with Gasteiger partial charge in [0.1, 0.15) is 11.5 Å². The van der Waals surface area contributed by atoms with Gasteiger partial charge in [-0.3, -0.25) is 4.21 Å². The van der Waals surface area contributed by atoms with E-state index in [1.54, 1.807) is 6.26 Å². The van der Waals surface area contributed by atoms with Gasteiger partial charge < -0.3 is 9.73 Å². The first-order valence-electron chi connectivity index (χ1n) is 6.18. The summed E-state index contributed by atoms with van der Waals surface area (Å²) in [5, 5.41) is 3.33. The first kappa shape index (κ1) is 12.8. The molecule has 96 valence electrons. The second-order valence-corrected chi connectivity index (χ2v) is 6.63. The number of furan rings is 1. The van der Waals surface area contributed by atoms with Crippen molar-refractivity contribution in [3.8, 4) is 0 Å². The lowest BCUT2D eigenvalue weighted by atomic mass is 10.3. The van der Waals surface area contributed by atoms with Crippen LogP contribution in [0.3, 0.4) is 0 Å². The fraction of sp³-hybridized carbons (Fsp3) is 0.692. The minimum atomic E-state index is -0.744. The summed E-state index contributed by atoms with van der Waals surface area (Å²) in [6.07, 6.45) is 2.99. The molecule has 1 fully saturated rings. The average molecular weight is 255 g/mol. The number of hydrogen-bond acceptors (Lipinski definition) is 3. The van der Waals surface area contributed by atoms with Crippen molar-refractivity contribution < 1.29 is 8.63 Å². The average Bonchev–Trinajstić information content (AvgIpc) is 2.78. The molecule has 1 aromatic rings. The van der Waals surface area contributed by atoms with Crippen LogP contribution in [0.15, 0.2) is 16.5 Å². The third-order valence-electron chi connectivity index (χ3n) is 3.27. The molecule has 0 amide bonds. The Kier molecular flexibility index (Phi) is 4.05. The second kappa shape index (κ2) is 5.36. The van der Waals surface area contributed by atoms with Gasteiger partial charge in [0.15, 0.2) is 0 Å². The SMILES string of the molecule is CC(CS(C)=O)NCc1ccc(C2CC2C)o1. The Balaban J connectivity index is 1.79. The third-order valence-corrected chi connectivity index (χ3v) is 4.24. The molecule has 4 atom stereocenters. The Morgan fingerprint density at radius 3 is 2.88 bits per heavy atom. The molecule has 4 heteroatoms. The Hall–Kier alpha value is -0.610. The van der Waals surface area contributed by atoms with E-state index in [1.807, 2.05) is 13.0 Å². The number of nitrogens with one attached hydrogen (secondary N) is 1. The van der Waals surface area contributed by atoms with Crippen LogP contribution in [-0.2, 0) is 17.3 Å². The molecule has 1 aromatic heterocycles. The van der Waals surface area contributed by atoms with Gasteiger partial charge in [-0.2, -0.15) is 0 Å². The lowest BCUT2D eigenvalue weighted by Crippen LogP contribution is -2.30. The predicted octanol–water partition coefficient (Wildman–Crippen LogP) is 2.26. The first-order chi connectivity index (χ1) is 8.06. The van der Waals surface area contributed by atoms with Crippen LogP contribution in [0.25, 0.3) is 0 Å². The Labute approximate surface area is 105 Å². The lowest BCUT2D eigenvalue weighted by molar-refractivity contribution is 0.433. The van der Waals surface area contributed by atoms with E-state index in [9.17, 15) is 4.21 Å². The fourth-order valence-corrected chi connectivity index (χ4v) is 2.92. The lowest BCUT2D eigenvalue weighted by Gasteiger charge is -2.10. The molecule has 1 aliphatic rings. The zero-order valence-electron chi connectivity index (χ0n) is 10.7. The highest BCUT2D eigenvalue weighted by Gasteiger charge is 2.36. The van der Waals surface area contributed by atoms with Crippen molar-refractivity contribution in [1.82, 2.24) is 5.32 Å². The summed E-state index contributed by atoms with van der Waals surface area (Å²) in [7, 11) is -0.744. The monoisotopic (exact) mass is 255 g/mol. The summed E-state index contributed by atoms with van der Waals surface area (Å²) in [6.45, 7) is 5.03. The van der Waals surface area contributed by atoms with Crippen molar-refractivity contribution in [2.24, 2.45) is 5.92 Å². The third kappa shape index (κ3) is 3.68. The molecular formula is C13H21NO2S. The molecule has 0 aromatic carbocycles. The molecule has 0 spiro atoms. The number of rotatable bonds is 6. The van der Waals surface area contributed by atoms with Crippen LogP contribution in [-0.4, -0.2) is 22.3 Å². The molecular weight excluding hydrogens is 234 g/mol. The van der Waals surface area contributed by atoms with E-state index >= 15 is 0 Å². The van der Waals surface area contributed by atoms with Gasteiger partial charge in [0.25, 0.3) is 0 Å². The van der Waals surface area contributed by atoms with E-state index in [1.165, 1.54) is 6.42 Å². The van der Waals surface area contributed by atoms with Crippen LogP contribution in [0.1, 0.15) is 37.7 Å². The molecule has 4 unspecified atom stereocenters. The minimum absolute atomic E-state index is 0.259. The van der Waals surface area contributed by atoms with E-state index < -0.39 is 10.8 Å². The first-order valence-corrected chi connectivity index (χ1v) is 7.91. The van der Waals surface area contributed by atoms with E-state index in [2.05, 4.69) is 18.3 Å². The highest BCUT2D eigenvalue weighted by molar-refractivity contribution is 7.84. The zero-order valence-corrected chi connectivity index (χ0v) is 11.5. The molecule has 0 radical (unpaired) electrons. The molecule has 1 saturated carbocycles. The van der Waals surface area contributed by atoms with Crippen LogP contribution in [0, 0.1) is 5.92 Å². The summed E-state index contributed by atoms with van der Waals surface area (Å²) in [6, 6.07) is 4.39. The fourth-order valence-electron chi connectivity index (χ4n) is 2.09. The predicted molar refractivity (Wildman–Crippen MR) is 70.5 cm³/mol. The van der Waals surface area contributed by atoms with Crippen molar-refractivity contribution in [1.29, 1.82) is 0 Å². The molecule has 3 nitrogen and oxygen atoms in total. The maximum atomic E-state index is 11.1. The van der Waals surface area contributed by atoms with Crippen LogP contribution in [0.5, 0.6) is 0 Å². The van der Waals surface area contributed by atoms with Crippen molar-refractivity contribution in [3.05, 3.63) is 23.7 Å². The number of hydrogen-bond donors (Lipinski definition) is 1. The summed E-state index contributed by atoms with van der Waals surface area (Å²) in [4.78, 5) is 0. The van der Waals surface area contributed by atoms with Crippen LogP contribution >= 0.6 is 0 Å². The van der Waals surface area contributed by atoms with E-state index in [0.29, 0.717) is 11.7 Å². The van der Waals surface area contributed by atoms with Gasteiger partial charge in [-0.05, 0) is 31.4 Å². The molecule has 2 rings (SSSR count). The minimum Gasteiger partial charge on any atom is -0.464 e. The van der Waals surface area contributed by atoms with Gasteiger partial charge in [-0.1, -0.05) is 6.92 Å². The normalized spacial score (nSPS) is 26.8. The summed E-state index contributed by atoms with van der Waals surface area (Å²) < 4.78 is 16.8. The van der Waals surface area contributed by atoms with Gasteiger partial charge in [0.2, 0.25) is 0 Å². The van der Waals surface area contributed by atoms with Crippen LogP contribution < -0.4 is 5.32 Å². The Bertz CT molecular complexity index is 402. The maximum Gasteiger partial charge on any atom is 0.117 e. The molecule has 1 heterocycles. The molecule has 17 heavy (non-hydrogen) atoms. The maximum absolute atomic E-state index is 11.1. The van der Waals surface area contributed by atoms with Crippen LogP contribution in [0.2, 0.25) is 0 Å². The van der Waals surface area contributed by atoms with Crippen LogP contribution in [0.4, 0.5) is 0 Å². The van der Waals surface area contributed by atoms with E-state index in [4.69, 9.17) is 4.42 Å². The van der Waals surface area contributed by atoms with Crippen molar-refractivity contribution in [2.45, 2.75) is 38.8 Å². The van der Waals surface area contributed by atoms with Crippen molar-refractivity contribution >= 4 is 10.8 Å². The second-order valence-electron chi connectivity index (χ2n) is 5.15. The van der Waals surface area contributed by atoms with E-state index in [0.717, 1.165) is 24.0 Å². The van der Waals surface area contributed by atoms with Gasteiger partial charge >= 0.3 is 0 Å².